The minimum absolute atomic E-state index is 0. The highest BCUT2D eigenvalue weighted by Gasteiger charge is 2.00. The molecule has 0 spiro atoms. The van der Waals surface area contributed by atoms with Crippen LogP contribution in [0.2, 0.25) is 0 Å². The Morgan fingerprint density at radius 3 is 2.73 bits per heavy atom. The highest BCUT2D eigenvalue weighted by Crippen LogP contribution is 1.86. The molecule has 0 aliphatic rings. The molecule has 0 fully saturated rings. The van der Waals surface area contributed by atoms with Gasteiger partial charge in [0.1, 0.15) is 6.61 Å². The third kappa shape index (κ3) is 2.99. The molecule has 1 rings (SSSR count). The molecule has 62 valence electrons. The molecule has 11 heavy (non-hydrogen) atoms. The van der Waals surface area contributed by atoms with Gasteiger partial charge < -0.3 is 22.1 Å². The van der Waals surface area contributed by atoms with E-state index in [4.69, 9.17) is 5.11 Å². The molecule has 0 aromatic carbocycles. The van der Waals surface area contributed by atoms with E-state index in [9.17, 15) is 0 Å². The van der Waals surface area contributed by atoms with Gasteiger partial charge >= 0.3 is 0 Å². The molecule has 0 saturated carbocycles. The van der Waals surface area contributed by atoms with Crippen LogP contribution in [0.3, 0.4) is 0 Å². The Morgan fingerprint density at radius 2 is 2.18 bits per heavy atom. The molecule has 0 aliphatic carbocycles. The molecule has 0 aliphatic heterocycles. The van der Waals surface area contributed by atoms with Crippen molar-refractivity contribution in [2.75, 3.05) is 6.61 Å². The molecule has 0 bridgehead atoms. The van der Waals surface area contributed by atoms with Crippen molar-refractivity contribution >= 4 is 0 Å². The number of pyridine rings is 1. The Balaban J connectivity index is 0.000001000. The molecule has 1 aromatic rings. The first-order chi connectivity index (χ1) is 4.84. The van der Waals surface area contributed by atoms with Gasteiger partial charge in [0.25, 0.3) is 0 Å². The van der Waals surface area contributed by atoms with Gasteiger partial charge in [0.15, 0.2) is 18.4 Å². The van der Waals surface area contributed by atoms with E-state index >= 15 is 0 Å². The normalized spacial score (nSPS) is 8.91. The first-order valence-electron chi connectivity index (χ1n) is 3.40. The van der Waals surface area contributed by atoms with Crippen LogP contribution in [0.4, 0.5) is 0 Å². The van der Waals surface area contributed by atoms with Crippen molar-refractivity contribution < 1.29 is 26.7 Å². The molecule has 0 amide bonds. The van der Waals surface area contributed by atoms with Gasteiger partial charge in [-0.1, -0.05) is 6.07 Å². The standard InChI is InChI=1S/C8H12NO.BrH/c1-8-4-2-3-5-9(8)6-7-10;/h2-5,10H,6-7H2,1H3;1H/q+1;/p-1. The zero-order chi connectivity index (χ0) is 7.40. The van der Waals surface area contributed by atoms with Gasteiger partial charge in [0.2, 0.25) is 0 Å². The van der Waals surface area contributed by atoms with Gasteiger partial charge in [-0.3, -0.25) is 0 Å². The number of rotatable bonds is 2. The molecule has 2 nitrogen and oxygen atoms in total. The molecule has 0 unspecified atom stereocenters. The smallest absolute Gasteiger partial charge is 0.178 e. The van der Waals surface area contributed by atoms with E-state index in [1.54, 1.807) is 0 Å². The average Bonchev–Trinajstić information content (AvgIpc) is 1.94. The van der Waals surface area contributed by atoms with Gasteiger partial charge in [-0.2, -0.15) is 0 Å². The van der Waals surface area contributed by atoms with E-state index in [0.717, 1.165) is 0 Å². The highest BCUT2D eigenvalue weighted by molar-refractivity contribution is 4.93. The molecule has 3 heteroatoms. The van der Waals surface area contributed by atoms with E-state index in [1.807, 2.05) is 35.9 Å². The fourth-order valence-electron chi connectivity index (χ4n) is 0.920. The first kappa shape index (κ1) is 10.6. The average molecular weight is 218 g/mol. The molecule has 0 radical (unpaired) electrons. The van der Waals surface area contributed by atoms with E-state index in [-0.39, 0.29) is 23.6 Å². The molecule has 0 saturated heterocycles. The highest BCUT2D eigenvalue weighted by atomic mass is 79.9. The summed E-state index contributed by atoms with van der Waals surface area (Å²) in [5, 5.41) is 8.62. The number of halogens is 1. The summed E-state index contributed by atoms with van der Waals surface area (Å²) in [7, 11) is 0. The maximum absolute atomic E-state index is 8.62. The van der Waals surface area contributed by atoms with Gasteiger partial charge in [-0.25, -0.2) is 4.57 Å². The molecule has 1 N–H and O–H groups in total. The van der Waals surface area contributed by atoms with Crippen molar-refractivity contribution in [3.05, 3.63) is 30.1 Å². The lowest BCUT2D eigenvalue weighted by atomic mass is 10.3. The van der Waals surface area contributed by atoms with E-state index < -0.39 is 0 Å². The summed E-state index contributed by atoms with van der Waals surface area (Å²) in [6, 6.07) is 5.97. The van der Waals surface area contributed by atoms with Crippen LogP contribution in [-0.4, -0.2) is 11.7 Å². The van der Waals surface area contributed by atoms with Crippen LogP contribution in [0.1, 0.15) is 5.69 Å². The number of aliphatic hydroxyl groups excluding tert-OH is 1. The minimum Gasteiger partial charge on any atom is -1.00 e. The summed E-state index contributed by atoms with van der Waals surface area (Å²) in [6.07, 6.45) is 1.96. The van der Waals surface area contributed by atoms with Gasteiger partial charge in [0, 0.05) is 19.1 Å². The van der Waals surface area contributed by atoms with E-state index in [1.165, 1.54) is 5.69 Å². The first-order valence-corrected chi connectivity index (χ1v) is 3.40. The number of aryl methyl sites for hydroxylation is 1. The molecule has 1 aromatic heterocycles. The Kier molecular flexibility index (Phi) is 5.07. The van der Waals surface area contributed by atoms with Crippen LogP contribution >= 0.6 is 0 Å². The predicted molar refractivity (Wildman–Crippen MR) is 38.5 cm³/mol. The van der Waals surface area contributed by atoms with E-state index in [0.29, 0.717) is 6.54 Å². The van der Waals surface area contributed by atoms with Crippen molar-refractivity contribution in [2.45, 2.75) is 13.5 Å². The minimum atomic E-state index is 0. The van der Waals surface area contributed by atoms with Gasteiger partial charge in [0.05, 0.1) is 0 Å². The van der Waals surface area contributed by atoms with Crippen LogP contribution in [0.5, 0.6) is 0 Å². The quantitative estimate of drug-likeness (QED) is 0.536. The fourth-order valence-corrected chi connectivity index (χ4v) is 0.920. The zero-order valence-electron chi connectivity index (χ0n) is 6.50. The van der Waals surface area contributed by atoms with Gasteiger partial charge in [-0.15, -0.1) is 0 Å². The number of aromatic nitrogens is 1. The number of hydrogen-bond acceptors (Lipinski definition) is 1. The molecular formula is C8H12BrNO. The van der Waals surface area contributed by atoms with Crippen molar-refractivity contribution in [1.82, 2.24) is 0 Å². The number of nitrogens with zero attached hydrogens (tertiary/aromatic N) is 1. The number of aliphatic hydroxyl groups is 1. The summed E-state index contributed by atoms with van der Waals surface area (Å²) < 4.78 is 2.01. The van der Waals surface area contributed by atoms with Crippen molar-refractivity contribution in [1.29, 1.82) is 0 Å². The summed E-state index contributed by atoms with van der Waals surface area (Å²) in [4.78, 5) is 0. The lowest BCUT2D eigenvalue weighted by Crippen LogP contribution is -3.00. The predicted octanol–water partition coefficient (Wildman–Crippen LogP) is -2.72. The SMILES string of the molecule is Cc1cccc[n+]1CCO.[Br-]. The maximum atomic E-state index is 8.62. The van der Waals surface area contributed by atoms with Gasteiger partial charge in [-0.05, 0) is 0 Å². The second-order valence-electron chi connectivity index (χ2n) is 2.26. The Labute approximate surface area is 77.3 Å². The van der Waals surface area contributed by atoms with Crippen LogP contribution < -0.4 is 21.5 Å². The lowest BCUT2D eigenvalue weighted by Gasteiger charge is -1.94. The van der Waals surface area contributed by atoms with E-state index in [2.05, 4.69) is 0 Å². The second-order valence-corrected chi connectivity index (χ2v) is 2.26. The lowest BCUT2D eigenvalue weighted by molar-refractivity contribution is -0.704. The molecule has 0 atom stereocenters. The second kappa shape index (κ2) is 5.27. The number of hydrogen-bond donors (Lipinski definition) is 1. The third-order valence-electron chi connectivity index (χ3n) is 1.51. The Bertz CT molecular complexity index is 215. The maximum Gasteiger partial charge on any atom is 0.178 e. The van der Waals surface area contributed by atoms with Crippen molar-refractivity contribution in [3.8, 4) is 0 Å². The zero-order valence-corrected chi connectivity index (χ0v) is 8.08. The molecule has 1 heterocycles. The molecular weight excluding hydrogens is 206 g/mol. The largest absolute Gasteiger partial charge is 1.00 e. The van der Waals surface area contributed by atoms with Crippen LogP contribution in [-0.2, 0) is 6.54 Å². The Hall–Kier alpha value is -0.410. The summed E-state index contributed by atoms with van der Waals surface area (Å²) >= 11 is 0. The summed E-state index contributed by atoms with van der Waals surface area (Å²) in [5.41, 5.74) is 1.18. The summed E-state index contributed by atoms with van der Waals surface area (Å²) in [6.45, 7) is 2.91. The third-order valence-corrected chi connectivity index (χ3v) is 1.51. The topological polar surface area (TPSA) is 24.1 Å². The van der Waals surface area contributed by atoms with Crippen molar-refractivity contribution in [3.63, 3.8) is 0 Å². The van der Waals surface area contributed by atoms with Crippen LogP contribution in [0.15, 0.2) is 24.4 Å². The van der Waals surface area contributed by atoms with Crippen molar-refractivity contribution in [2.24, 2.45) is 0 Å². The monoisotopic (exact) mass is 217 g/mol. The summed E-state index contributed by atoms with van der Waals surface area (Å²) in [5.74, 6) is 0. The Morgan fingerprint density at radius 1 is 1.45 bits per heavy atom. The van der Waals surface area contributed by atoms with Crippen LogP contribution in [0.25, 0.3) is 0 Å². The van der Waals surface area contributed by atoms with Crippen LogP contribution in [0, 0.1) is 6.92 Å². The fraction of sp³-hybridized carbons (Fsp3) is 0.375.